The standard InChI is InChI=1S/C14H20FNO2S/c1-3-19-11-8-14(17)16(2)9-10-18-13-6-4-12(15)5-7-13/h4-7H,3,8-11H2,1-2H3. The highest BCUT2D eigenvalue weighted by atomic mass is 32.2. The van der Waals surface area contributed by atoms with Gasteiger partial charge in [-0.2, -0.15) is 11.8 Å². The van der Waals surface area contributed by atoms with Crippen molar-refractivity contribution < 1.29 is 13.9 Å². The third-order valence-electron chi connectivity index (χ3n) is 2.60. The molecule has 5 heteroatoms. The van der Waals surface area contributed by atoms with Crippen LogP contribution in [0.3, 0.4) is 0 Å². The van der Waals surface area contributed by atoms with Crippen molar-refractivity contribution in [2.45, 2.75) is 13.3 Å². The number of benzene rings is 1. The van der Waals surface area contributed by atoms with Gasteiger partial charge in [0.1, 0.15) is 18.2 Å². The minimum Gasteiger partial charge on any atom is -0.492 e. The number of rotatable bonds is 8. The number of likely N-dealkylation sites (N-methyl/N-ethyl adjacent to an activating group) is 1. The maximum atomic E-state index is 12.7. The summed E-state index contributed by atoms with van der Waals surface area (Å²) >= 11 is 1.76. The van der Waals surface area contributed by atoms with Crippen LogP contribution in [0.25, 0.3) is 0 Å². The number of amides is 1. The van der Waals surface area contributed by atoms with E-state index in [0.29, 0.717) is 25.3 Å². The van der Waals surface area contributed by atoms with Crippen molar-refractivity contribution in [3.63, 3.8) is 0 Å². The van der Waals surface area contributed by atoms with E-state index in [1.54, 1.807) is 35.8 Å². The Hall–Kier alpha value is -1.23. The Balaban J connectivity index is 2.20. The van der Waals surface area contributed by atoms with Gasteiger partial charge in [-0.05, 0) is 30.0 Å². The van der Waals surface area contributed by atoms with E-state index >= 15 is 0 Å². The average molecular weight is 285 g/mol. The molecular weight excluding hydrogens is 265 g/mol. The molecule has 0 radical (unpaired) electrons. The molecule has 0 atom stereocenters. The average Bonchev–Trinajstić information content (AvgIpc) is 2.41. The van der Waals surface area contributed by atoms with E-state index in [0.717, 1.165) is 11.5 Å². The first-order valence-corrected chi connectivity index (χ1v) is 7.49. The van der Waals surface area contributed by atoms with Gasteiger partial charge in [0.05, 0.1) is 6.54 Å². The fraction of sp³-hybridized carbons (Fsp3) is 0.500. The van der Waals surface area contributed by atoms with Crippen molar-refractivity contribution in [3.8, 4) is 5.75 Å². The van der Waals surface area contributed by atoms with Gasteiger partial charge in [0.15, 0.2) is 0 Å². The van der Waals surface area contributed by atoms with Crippen LogP contribution in [0.2, 0.25) is 0 Å². The zero-order valence-electron chi connectivity index (χ0n) is 11.4. The number of carbonyl (C=O) groups is 1. The van der Waals surface area contributed by atoms with Crippen LogP contribution in [0.1, 0.15) is 13.3 Å². The molecule has 1 aromatic rings. The van der Waals surface area contributed by atoms with Gasteiger partial charge in [-0.3, -0.25) is 4.79 Å². The first-order chi connectivity index (χ1) is 9.13. The summed E-state index contributed by atoms with van der Waals surface area (Å²) in [6, 6.07) is 5.86. The molecule has 1 rings (SSSR count). The molecule has 0 saturated heterocycles. The van der Waals surface area contributed by atoms with Crippen molar-refractivity contribution in [3.05, 3.63) is 30.1 Å². The van der Waals surface area contributed by atoms with Gasteiger partial charge in [0.2, 0.25) is 5.91 Å². The van der Waals surface area contributed by atoms with Crippen molar-refractivity contribution in [1.82, 2.24) is 4.90 Å². The topological polar surface area (TPSA) is 29.5 Å². The number of hydrogen-bond donors (Lipinski definition) is 0. The minimum atomic E-state index is -0.284. The highest BCUT2D eigenvalue weighted by Gasteiger charge is 2.08. The van der Waals surface area contributed by atoms with Crippen LogP contribution in [-0.4, -0.2) is 42.5 Å². The summed E-state index contributed by atoms with van der Waals surface area (Å²) in [6.45, 7) is 3.02. The fourth-order valence-electron chi connectivity index (χ4n) is 1.45. The molecule has 0 aliphatic carbocycles. The smallest absolute Gasteiger partial charge is 0.223 e. The Labute approximate surface area is 118 Å². The van der Waals surface area contributed by atoms with Crippen LogP contribution in [0, 0.1) is 5.82 Å². The van der Waals surface area contributed by atoms with Gasteiger partial charge in [-0.25, -0.2) is 4.39 Å². The summed E-state index contributed by atoms with van der Waals surface area (Å²) in [5, 5.41) is 0. The maximum Gasteiger partial charge on any atom is 0.223 e. The molecule has 0 spiro atoms. The minimum absolute atomic E-state index is 0.128. The molecule has 0 N–H and O–H groups in total. The number of thioether (sulfide) groups is 1. The van der Waals surface area contributed by atoms with Gasteiger partial charge in [0, 0.05) is 19.2 Å². The Bertz CT molecular complexity index is 384. The first kappa shape index (κ1) is 15.8. The monoisotopic (exact) mass is 285 g/mol. The predicted octanol–water partition coefficient (Wildman–Crippen LogP) is 2.81. The molecule has 0 bridgehead atoms. The Morgan fingerprint density at radius 2 is 2.05 bits per heavy atom. The lowest BCUT2D eigenvalue weighted by Crippen LogP contribution is -2.31. The number of halogens is 1. The van der Waals surface area contributed by atoms with E-state index in [9.17, 15) is 9.18 Å². The molecule has 19 heavy (non-hydrogen) atoms. The van der Waals surface area contributed by atoms with E-state index in [1.165, 1.54) is 12.1 Å². The van der Waals surface area contributed by atoms with E-state index in [4.69, 9.17) is 4.74 Å². The normalized spacial score (nSPS) is 10.3. The number of hydrogen-bond acceptors (Lipinski definition) is 3. The number of ether oxygens (including phenoxy) is 1. The van der Waals surface area contributed by atoms with Crippen molar-refractivity contribution in [2.75, 3.05) is 31.7 Å². The molecular formula is C14H20FNO2S. The second-order valence-electron chi connectivity index (χ2n) is 4.06. The first-order valence-electron chi connectivity index (χ1n) is 6.33. The van der Waals surface area contributed by atoms with E-state index in [2.05, 4.69) is 6.92 Å². The zero-order chi connectivity index (χ0) is 14.1. The second kappa shape index (κ2) is 8.80. The molecule has 106 valence electrons. The third-order valence-corrected chi connectivity index (χ3v) is 3.50. The second-order valence-corrected chi connectivity index (χ2v) is 5.46. The highest BCUT2D eigenvalue weighted by molar-refractivity contribution is 7.99. The predicted molar refractivity (Wildman–Crippen MR) is 77.1 cm³/mol. The molecule has 0 unspecified atom stereocenters. The number of carbonyl (C=O) groups excluding carboxylic acids is 1. The lowest BCUT2D eigenvalue weighted by atomic mass is 10.3. The van der Waals surface area contributed by atoms with Crippen molar-refractivity contribution >= 4 is 17.7 Å². The van der Waals surface area contributed by atoms with Crippen LogP contribution in [-0.2, 0) is 4.79 Å². The van der Waals surface area contributed by atoms with Crippen LogP contribution in [0.4, 0.5) is 4.39 Å². The van der Waals surface area contributed by atoms with E-state index < -0.39 is 0 Å². The molecule has 0 aliphatic rings. The summed E-state index contributed by atoms with van der Waals surface area (Å²) in [5.74, 6) is 2.35. The molecule has 0 aliphatic heterocycles. The van der Waals surface area contributed by atoms with Crippen LogP contribution in [0.15, 0.2) is 24.3 Å². The summed E-state index contributed by atoms with van der Waals surface area (Å²) in [7, 11) is 1.77. The molecule has 1 aromatic carbocycles. The Kier molecular flexibility index (Phi) is 7.33. The number of nitrogens with zero attached hydrogens (tertiary/aromatic N) is 1. The molecule has 0 heterocycles. The van der Waals surface area contributed by atoms with E-state index in [1.807, 2.05) is 0 Å². The lowest BCUT2D eigenvalue weighted by molar-refractivity contribution is -0.129. The van der Waals surface area contributed by atoms with Crippen molar-refractivity contribution in [1.29, 1.82) is 0 Å². The summed E-state index contributed by atoms with van der Waals surface area (Å²) in [5.41, 5.74) is 0. The van der Waals surface area contributed by atoms with Gasteiger partial charge in [0.25, 0.3) is 0 Å². The van der Waals surface area contributed by atoms with Gasteiger partial charge in [-0.1, -0.05) is 6.92 Å². The summed E-state index contributed by atoms with van der Waals surface area (Å²) in [4.78, 5) is 13.4. The van der Waals surface area contributed by atoms with Gasteiger partial charge >= 0.3 is 0 Å². The largest absolute Gasteiger partial charge is 0.492 e. The zero-order valence-corrected chi connectivity index (χ0v) is 12.2. The summed E-state index contributed by atoms with van der Waals surface area (Å²) < 4.78 is 18.1. The van der Waals surface area contributed by atoms with Gasteiger partial charge < -0.3 is 9.64 Å². The van der Waals surface area contributed by atoms with Crippen LogP contribution < -0.4 is 4.74 Å². The molecule has 0 fully saturated rings. The molecule has 0 saturated carbocycles. The van der Waals surface area contributed by atoms with Crippen molar-refractivity contribution in [2.24, 2.45) is 0 Å². The van der Waals surface area contributed by atoms with Crippen LogP contribution >= 0.6 is 11.8 Å². The quantitative estimate of drug-likeness (QED) is 0.688. The van der Waals surface area contributed by atoms with Gasteiger partial charge in [-0.15, -0.1) is 0 Å². The molecule has 0 aromatic heterocycles. The van der Waals surface area contributed by atoms with E-state index in [-0.39, 0.29) is 11.7 Å². The highest BCUT2D eigenvalue weighted by Crippen LogP contribution is 2.11. The Morgan fingerprint density at radius 1 is 1.37 bits per heavy atom. The SMILES string of the molecule is CCSCCC(=O)N(C)CCOc1ccc(F)cc1. The fourth-order valence-corrected chi connectivity index (χ4v) is 2.06. The maximum absolute atomic E-state index is 12.7. The summed E-state index contributed by atoms with van der Waals surface area (Å²) in [6.07, 6.45) is 0.561. The third kappa shape index (κ3) is 6.47. The molecule has 1 amide bonds. The van der Waals surface area contributed by atoms with Crippen LogP contribution in [0.5, 0.6) is 5.75 Å². The lowest BCUT2D eigenvalue weighted by Gasteiger charge is -2.17. The molecule has 3 nitrogen and oxygen atoms in total. The Morgan fingerprint density at radius 3 is 2.68 bits per heavy atom.